The molecular formula is C12H9NO. The van der Waals surface area contributed by atoms with Gasteiger partial charge in [0.25, 0.3) is 0 Å². The lowest BCUT2D eigenvalue weighted by Gasteiger charge is -1.92. The number of benzene rings is 1. The Bertz CT molecular complexity index is 519. The molecule has 0 fully saturated rings. The number of oxazole rings is 1. The van der Waals surface area contributed by atoms with E-state index in [0.717, 1.165) is 17.0 Å². The maximum Gasteiger partial charge on any atom is 0.204 e. The predicted molar refractivity (Wildman–Crippen MR) is 55.1 cm³/mol. The highest BCUT2D eigenvalue weighted by Crippen LogP contribution is 2.22. The van der Waals surface area contributed by atoms with Crippen molar-refractivity contribution < 1.29 is 4.42 Å². The first-order valence-electron chi connectivity index (χ1n) is 4.55. The van der Waals surface area contributed by atoms with Gasteiger partial charge in [0.05, 0.1) is 6.20 Å². The zero-order valence-corrected chi connectivity index (χ0v) is 7.55. The highest BCUT2D eigenvalue weighted by Gasteiger charge is 2.03. The highest BCUT2D eigenvalue weighted by atomic mass is 16.3. The van der Waals surface area contributed by atoms with Gasteiger partial charge in [-0.1, -0.05) is 30.3 Å². The summed E-state index contributed by atoms with van der Waals surface area (Å²) in [7, 11) is 0. The van der Waals surface area contributed by atoms with E-state index < -0.39 is 0 Å². The van der Waals surface area contributed by atoms with Gasteiger partial charge in [0, 0.05) is 17.8 Å². The third-order valence-corrected chi connectivity index (χ3v) is 2.27. The minimum Gasteiger partial charge on any atom is -0.438 e. The van der Waals surface area contributed by atoms with Crippen LogP contribution in [0.15, 0.2) is 59.3 Å². The average molecular weight is 183 g/mol. The molecule has 0 aliphatic heterocycles. The van der Waals surface area contributed by atoms with Gasteiger partial charge in [-0.3, -0.25) is 4.40 Å². The number of aromatic nitrogens is 1. The Morgan fingerprint density at radius 2 is 1.79 bits per heavy atom. The van der Waals surface area contributed by atoms with Gasteiger partial charge >= 0.3 is 0 Å². The van der Waals surface area contributed by atoms with E-state index in [0.29, 0.717) is 0 Å². The van der Waals surface area contributed by atoms with Crippen LogP contribution in [0.25, 0.3) is 17.0 Å². The normalized spacial score (nSPS) is 10.9. The minimum absolute atomic E-state index is 0.879. The standard InChI is InChI=1S/C12H9NO/c1-2-5-10(6-3-1)11-9-13-8-4-7-12(13)14-11/h1-9H. The molecule has 0 aliphatic carbocycles. The van der Waals surface area contributed by atoms with Crippen molar-refractivity contribution in [3.63, 3.8) is 0 Å². The summed E-state index contributed by atoms with van der Waals surface area (Å²) in [6.45, 7) is 0. The highest BCUT2D eigenvalue weighted by molar-refractivity contribution is 5.58. The van der Waals surface area contributed by atoms with Crippen molar-refractivity contribution >= 4 is 5.71 Å². The van der Waals surface area contributed by atoms with E-state index in [-0.39, 0.29) is 0 Å². The Balaban J connectivity index is 2.19. The third kappa shape index (κ3) is 1.04. The second-order valence-corrected chi connectivity index (χ2v) is 3.22. The molecule has 0 saturated heterocycles. The van der Waals surface area contributed by atoms with Crippen LogP contribution in [0, 0.1) is 0 Å². The zero-order chi connectivity index (χ0) is 9.38. The van der Waals surface area contributed by atoms with E-state index in [1.54, 1.807) is 0 Å². The first-order valence-corrected chi connectivity index (χ1v) is 4.55. The van der Waals surface area contributed by atoms with E-state index in [2.05, 4.69) is 0 Å². The first kappa shape index (κ1) is 7.44. The molecule has 0 aliphatic rings. The first-order chi connectivity index (χ1) is 6.93. The average Bonchev–Trinajstić information content (AvgIpc) is 2.78. The second kappa shape index (κ2) is 2.77. The maximum atomic E-state index is 5.66. The van der Waals surface area contributed by atoms with Crippen LogP contribution in [0.5, 0.6) is 0 Å². The fourth-order valence-electron chi connectivity index (χ4n) is 1.57. The van der Waals surface area contributed by atoms with Gasteiger partial charge < -0.3 is 4.42 Å². The van der Waals surface area contributed by atoms with Gasteiger partial charge in [0.15, 0.2) is 5.76 Å². The molecule has 2 heterocycles. The quantitative estimate of drug-likeness (QED) is 0.566. The van der Waals surface area contributed by atoms with Crippen molar-refractivity contribution in [3.05, 3.63) is 54.9 Å². The third-order valence-electron chi connectivity index (χ3n) is 2.27. The van der Waals surface area contributed by atoms with Crippen molar-refractivity contribution in [2.75, 3.05) is 0 Å². The van der Waals surface area contributed by atoms with Crippen molar-refractivity contribution in [2.24, 2.45) is 0 Å². The van der Waals surface area contributed by atoms with Crippen LogP contribution in [0.4, 0.5) is 0 Å². The molecule has 1 aromatic carbocycles. The van der Waals surface area contributed by atoms with Crippen molar-refractivity contribution in [1.29, 1.82) is 0 Å². The molecule has 68 valence electrons. The summed E-state index contributed by atoms with van der Waals surface area (Å²) in [5.41, 5.74) is 1.99. The van der Waals surface area contributed by atoms with Crippen molar-refractivity contribution in [3.8, 4) is 11.3 Å². The fourth-order valence-corrected chi connectivity index (χ4v) is 1.57. The second-order valence-electron chi connectivity index (χ2n) is 3.22. The topological polar surface area (TPSA) is 17.6 Å². The van der Waals surface area contributed by atoms with E-state index in [9.17, 15) is 0 Å². The maximum absolute atomic E-state index is 5.66. The Kier molecular flexibility index (Phi) is 1.47. The van der Waals surface area contributed by atoms with Crippen LogP contribution in [-0.4, -0.2) is 4.40 Å². The zero-order valence-electron chi connectivity index (χ0n) is 7.55. The smallest absolute Gasteiger partial charge is 0.204 e. The number of rotatable bonds is 1. The van der Waals surface area contributed by atoms with E-state index >= 15 is 0 Å². The Hall–Kier alpha value is -1.96. The molecule has 0 saturated carbocycles. The number of hydrogen-bond donors (Lipinski definition) is 0. The Morgan fingerprint density at radius 1 is 0.929 bits per heavy atom. The molecule has 0 bridgehead atoms. The van der Waals surface area contributed by atoms with Crippen LogP contribution < -0.4 is 0 Å². The lowest BCUT2D eigenvalue weighted by molar-refractivity contribution is 0.623. The molecule has 0 unspecified atom stereocenters. The molecule has 2 aromatic heterocycles. The van der Waals surface area contributed by atoms with E-state index in [1.165, 1.54) is 0 Å². The summed E-state index contributed by atoms with van der Waals surface area (Å²) in [5, 5.41) is 0. The summed E-state index contributed by atoms with van der Waals surface area (Å²) in [6.07, 6.45) is 3.97. The van der Waals surface area contributed by atoms with Crippen LogP contribution in [0.3, 0.4) is 0 Å². The van der Waals surface area contributed by atoms with Gasteiger partial charge in [-0.15, -0.1) is 0 Å². The molecule has 2 heteroatoms. The van der Waals surface area contributed by atoms with Gasteiger partial charge in [-0.2, -0.15) is 0 Å². The molecule has 3 rings (SSSR count). The summed E-state index contributed by atoms with van der Waals surface area (Å²) in [5.74, 6) is 0.904. The van der Waals surface area contributed by atoms with Gasteiger partial charge in [0.1, 0.15) is 0 Å². The molecule has 0 amide bonds. The number of fused-ring (bicyclic) bond motifs is 1. The predicted octanol–water partition coefficient (Wildman–Crippen LogP) is 3.20. The summed E-state index contributed by atoms with van der Waals surface area (Å²) >= 11 is 0. The van der Waals surface area contributed by atoms with Gasteiger partial charge in [-0.05, 0) is 6.07 Å². The Morgan fingerprint density at radius 3 is 2.57 bits per heavy atom. The van der Waals surface area contributed by atoms with Crippen LogP contribution in [0.1, 0.15) is 0 Å². The van der Waals surface area contributed by atoms with Crippen LogP contribution >= 0.6 is 0 Å². The SMILES string of the molecule is c1ccc(-c2cn3cccc3o2)cc1. The molecule has 0 radical (unpaired) electrons. The molecular weight excluding hydrogens is 174 g/mol. The van der Waals surface area contributed by atoms with Crippen molar-refractivity contribution in [1.82, 2.24) is 4.40 Å². The van der Waals surface area contributed by atoms with Gasteiger partial charge in [0.2, 0.25) is 5.71 Å². The summed E-state index contributed by atoms with van der Waals surface area (Å²) in [6, 6.07) is 14.0. The molecule has 0 atom stereocenters. The number of hydrogen-bond acceptors (Lipinski definition) is 1. The molecule has 2 nitrogen and oxygen atoms in total. The van der Waals surface area contributed by atoms with Crippen LogP contribution in [0.2, 0.25) is 0 Å². The number of nitrogens with zero attached hydrogens (tertiary/aromatic N) is 1. The lowest BCUT2D eigenvalue weighted by Crippen LogP contribution is -1.72. The van der Waals surface area contributed by atoms with E-state index in [1.807, 2.05) is 59.3 Å². The molecule has 14 heavy (non-hydrogen) atoms. The largest absolute Gasteiger partial charge is 0.438 e. The molecule has 0 N–H and O–H groups in total. The van der Waals surface area contributed by atoms with E-state index in [4.69, 9.17) is 4.42 Å². The van der Waals surface area contributed by atoms with Crippen LogP contribution in [-0.2, 0) is 0 Å². The lowest BCUT2D eigenvalue weighted by atomic mass is 10.2. The van der Waals surface area contributed by atoms with Crippen molar-refractivity contribution in [2.45, 2.75) is 0 Å². The monoisotopic (exact) mass is 183 g/mol. The summed E-state index contributed by atoms with van der Waals surface area (Å²) in [4.78, 5) is 0. The molecule has 3 aromatic rings. The summed E-state index contributed by atoms with van der Waals surface area (Å²) < 4.78 is 7.63. The fraction of sp³-hybridized carbons (Fsp3) is 0. The minimum atomic E-state index is 0.879. The Labute approximate surface area is 81.4 Å². The molecule has 0 spiro atoms. The van der Waals surface area contributed by atoms with Gasteiger partial charge in [-0.25, -0.2) is 0 Å².